The maximum Gasteiger partial charge on any atom is 0.396 e. The van der Waals surface area contributed by atoms with Gasteiger partial charge < -0.3 is 38.6 Å². The van der Waals surface area contributed by atoms with Crippen LogP contribution in [0.3, 0.4) is 0 Å². The number of nitrogens with zero attached hydrogens (tertiary/aromatic N) is 9. The van der Waals surface area contributed by atoms with Crippen molar-refractivity contribution in [2.24, 2.45) is 7.05 Å². The molecule has 60 heavy (non-hydrogen) atoms. The van der Waals surface area contributed by atoms with Crippen molar-refractivity contribution < 1.29 is 32.2 Å². The number of imidazole rings is 3. The molecule has 0 aliphatic carbocycles. The van der Waals surface area contributed by atoms with Crippen LogP contribution in [0.15, 0.2) is 82.9 Å². The third-order valence-corrected chi connectivity index (χ3v) is 13.8. The van der Waals surface area contributed by atoms with E-state index >= 15 is 0 Å². The molecule has 8 rings (SSSR count). The average Bonchev–Trinajstić information content (AvgIpc) is 3.98. The Labute approximate surface area is 355 Å². The van der Waals surface area contributed by atoms with E-state index < -0.39 is 31.3 Å². The first-order valence-electron chi connectivity index (χ1n) is 17.7. The molecule has 0 bridgehead atoms. The van der Waals surface area contributed by atoms with Gasteiger partial charge in [0.05, 0.1) is 43.0 Å². The zero-order valence-electron chi connectivity index (χ0n) is 32.9. The molecule has 2 aromatic carbocycles. The molecule has 314 valence electrons. The predicted molar refractivity (Wildman–Crippen MR) is 224 cm³/mol. The maximum absolute atomic E-state index is 12.7. The van der Waals surface area contributed by atoms with Gasteiger partial charge in [0.1, 0.15) is 28.4 Å². The van der Waals surface area contributed by atoms with Gasteiger partial charge in [0.15, 0.2) is 31.6 Å². The predicted octanol–water partition coefficient (Wildman–Crippen LogP) is 5.66. The van der Waals surface area contributed by atoms with Crippen molar-refractivity contribution in [1.82, 2.24) is 49.3 Å². The Kier molecular flexibility index (Phi) is 13.6. The topological polar surface area (TPSA) is 253 Å². The van der Waals surface area contributed by atoms with E-state index in [-0.39, 0.29) is 29.7 Å². The van der Waals surface area contributed by atoms with Crippen LogP contribution in [0, 0.1) is 24.0 Å². The molecule has 1 aliphatic heterocycles. The average molecular weight is 896 g/mol. The zero-order valence-corrected chi connectivity index (χ0v) is 36.1. The van der Waals surface area contributed by atoms with Crippen molar-refractivity contribution in [3.8, 4) is 11.5 Å². The highest BCUT2D eigenvalue weighted by atomic mass is 35.5. The third-order valence-electron chi connectivity index (χ3n) is 9.16. The number of nitrogens with one attached hydrogen (secondary N) is 2. The second-order valence-electron chi connectivity index (χ2n) is 13.1. The molecule has 2 unspecified atom stereocenters. The number of fused-ring (bicyclic) bond motifs is 2. The summed E-state index contributed by atoms with van der Waals surface area (Å²) in [6, 6.07) is 12.0. The van der Waals surface area contributed by atoms with E-state index in [0.717, 1.165) is 45.4 Å². The number of sulfone groups is 1. The van der Waals surface area contributed by atoms with Gasteiger partial charge in [-0.05, 0) is 65.3 Å². The van der Waals surface area contributed by atoms with Crippen LogP contribution in [-0.4, -0.2) is 100 Å². The molecule has 1 saturated heterocycles. The van der Waals surface area contributed by atoms with Crippen molar-refractivity contribution >= 4 is 78.3 Å². The van der Waals surface area contributed by atoms with Gasteiger partial charge in [-0.3, -0.25) is 14.8 Å². The zero-order chi connectivity index (χ0) is 43.3. The summed E-state index contributed by atoms with van der Waals surface area (Å²) in [4.78, 5) is 53.9. The number of hydrogen-bond acceptors (Lipinski definition) is 15. The van der Waals surface area contributed by atoms with Gasteiger partial charge in [0, 0.05) is 60.1 Å². The van der Waals surface area contributed by atoms with Crippen LogP contribution in [-0.2, 0) is 38.6 Å². The van der Waals surface area contributed by atoms with Crippen molar-refractivity contribution in [3.05, 3.63) is 105 Å². The minimum absolute atomic E-state index is 0.0585. The van der Waals surface area contributed by atoms with Crippen molar-refractivity contribution in [3.63, 3.8) is 0 Å². The van der Waals surface area contributed by atoms with E-state index in [0.29, 0.717) is 42.7 Å². The molecule has 23 heteroatoms. The largest absolute Gasteiger partial charge is 0.609 e. The molecule has 2 N–H and O–H groups in total. The fraction of sp³-hybridized carbons (Fsp3) is 0.270. The van der Waals surface area contributed by atoms with Gasteiger partial charge in [-0.1, -0.05) is 23.7 Å². The van der Waals surface area contributed by atoms with Crippen LogP contribution in [0.2, 0.25) is 5.02 Å². The Morgan fingerprint density at radius 2 is 1.80 bits per heavy atom. The van der Waals surface area contributed by atoms with E-state index in [1.54, 1.807) is 56.3 Å². The normalized spacial score (nSPS) is 15.2. The lowest BCUT2D eigenvalue weighted by molar-refractivity contribution is -0.392. The van der Waals surface area contributed by atoms with Gasteiger partial charge in [-0.25, -0.2) is 23.4 Å². The number of benzene rings is 2. The first-order valence-corrected chi connectivity index (χ1v) is 22.0. The first-order chi connectivity index (χ1) is 28.6. The fourth-order valence-corrected chi connectivity index (χ4v) is 10.1. The Hall–Kier alpha value is -5.81. The molecule has 19 nitrogen and oxygen atoms in total. The summed E-state index contributed by atoms with van der Waals surface area (Å²) in [6.45, 7) is 3.86. The van der Waals surface area contributed by atoms with E-state index in [2.05, 4.69) is 39.9 Å². The van der Waals surface area contributed by atoms with Crippen LogP contribution in [0.4, 0.5) is 5.82 Å². The molecular weight excluding hydrogens is 858 g/mol. The number of halogens is 1. The molecule has 1 amide bonds. The summed E-state index contributed by atoms with van der Waals surface area (Å²) < 4.78 is 48.8. The third kappa shape index (κ3) is 9.63. The summed E-state index contributed by atoms with van der Waals surface area (Å²) in [7, 11) is 3.12. The number of carbonyl (C=O) groups is 1. The van der Waals surface area contributed by atoms with Gasteiger partial charge in [-0.2, -0.15) is 4.98 Å². The lowest BCUT2D eigenvalue weighted by Gasteiger charge is -2.32. The highest BCUT2D eigenvalue weighted by Crippen LogP contribution is 2.35. The molecule has 5 aromatic heterocycles. The lowest BCUT2D eigenvalue weighted by Crippen LogP contribution is -2.42. The lowest BCUT2D eigenvalue weighted by atomic mass is 10.1. The van der Waals surface area contributed by atoms with E-state index in [9.17, 15) is 27.9 Å². The molecule has 1 aliphatic rings. The fourth-order valence-electron chi connectivity index (χ4n) is 6.12. The monoisotopic (exact) mass is 895 g/mol. The number of aromatic nitrogens is 9. The number of amides is 1. The Bertz CT molecular complexity index is 2780. The van der Waals surface area contributed by atoms with E-state index in [4.69, 9.17) is 21.1 Å². The number of aromatic amines is 2. The van der Waals surface area contributed by atoms with Gasteiger partial charge in [-0.15, -0.1) is 0 Å². The van der Waals surface area contributed by atoms with Crippen molar-refractivity contribution in [1.29, 1.82) is 0 Å². The van der Waals surface area contributed by atoms with Gasteiger partial charge in [0.25, 0.3) is 0 Å². The standard InChI is InChI=1S/C17H19N3O3S.C11H12ClNO3S.C9H7N7O2S/c1-10-8-18-15(11(2)16(10)23-4)9-24(21)17-19-13-6-5-12(22-3)7-14(13)20-17;1-13-10(14)6-7-17(15,16)11(13)8-2-4-9(12)5-3-8;1-15-4-14-7(16(17)18)9(15)19-8-5-6(11-2-10-5)12-3-13-8/h5-8H,9H2,1-4H3,(H,19,20);2-5,11H,6-7H2,1H3;2-4H,1H3,(H,10,11,12,13). The number of aryl methyl sites for hydroxylation is 2. The van der Waals surface area contributed by atoms with Crippen molar-refractivity contribution in [2.45, 2.75) is 46.6 Å². The highest BCUT2D eigenvalue weighted by molar-refractivity contribution is 7.99. The summed E-state index contributed by atoms with van der Waals surface area (Å²) in [6.07, 6.45) is 6.06. The Morgan fingerprint density at radius 1 is 1.05 bits per heavy atom. The molecule has 1 fully saturated rings. The number of nitro groups is 1. The van der Waals surface area contributed by atoms with Crippen LogP contribution >= 0.6 is 23.4 Å². The number of rotatable bonds is 9. The van der Waals surface area contributed by atoms with Crippen molar-refractivity contribution in [2.75, 3.05) is 27.0 Å². The minimum Gasteiger partial charge on any atom is -0.609 e. The van der Waals surface area contributed by atoms with Crippen LogP contribution in [0.1, 0.15) is 34.2 Å². The van der Waals surface area contributed by atoms with Gasteiger partial charge >= 0.3 is 11.0 Å². The summed E-state index contributed by atoms with van der Waals surface area (Å²) in [5.74, 6) is 1.33. The maximum atomic E-state index is 12.7. The van der Waals surface area contributed by atoms with E-state index in [1.165, 1.54) is 30.9 Å². The van der Waals surface area contributed by atoms with Gasteiger partial charge in [0.2, 0.25) is 12.2 Å². The highest BCUT2D eigenvalue weighted by Gasteiger charge is 2.38. The summed E-state index contributed by atoms with van der Waals surface area (Å²) in [5.41, 5.74) is 5.89. The SMILES string of the molecule is CN1C(=O)CCS(=O)(=O)C1c1ccc(Cl)cc1.COc1ccc2[nH]c([S+]([O-])Cc3ncc(C)c(OC)c3C)nc2c1.Cn1cnc([N+](=O)[O-])c1Sc1ncnc2nc[nH]c12. The van der Waals surface area contributed by atoms with Crippen LogP contribution in [0.25, 0.3) is 22.2 Å². The summed E-state index contributed by atoms with van der Waals surface area (Å²) >= 11 is 5.57. The second-order valence-corrected chi connectivity index (χ2v) is 18.1. The van der Waals surface area contributed by atoms with Crippen LogP contribution < -0.4 is 9.47 Å². The first kappa shape index (κ1) is 43.8. The van der Waals surface area contributed by atoms with E-state index in [1.807, 2.05) is 32.0 Å². The number of hydrogen-bond donors (Lipinski definition) is 2. The molecule has 6 heterocycles. The molecule has 0 saturated carbocycles. The molecule has 7 aromatic rings. The molecule has 0 spiro atoms. The second kappa shape index (κ2) is 18.6. The number of H-pyrrole nitrogens is 2. The Morgan fingerprint density at radius 3 is 2.50 bits per heavy atom. The smallest absolute Gasteiger partial charge is 0.396 e. The number of methoxy groups -OCH3 is 2. The number of carbonyl (C=O) groups excluding carboxylic acids is 1. The number of pyridine rings is 1. The van der Waals surface area contributed by atoms with Crippen LogP contribution in [0.5, 0.6) is 11.5 Å². The minimum atomic E-state index is -3.31. The number of ether oxygens (including phenoxy) is 2. The summed E-state index contributed by atoms with van der Waals surface area (Å²) in [5, 5.41) is 11.9. The molecule has 0 radical (unpaired) electrons. The molecule has 2 atom stereocenters. The Balaban J connectivity index is 0.000000153. The quantitative estimate of drug-likeness (QED) is 0.0767. The molecular formula is C37H38ClN11O8S3.